The first kappa shape index (κ1) is 14.7. The average Bonchev–Trinajstić information content (AvgIpc) is 2.24. The summed E-state index contributed by atoms with van der Waals surface area (Å²) in [7, 11) is 0. The van der Waals surface area contributed by atoms with Crippen molar-refractivity contribution in [2.24, 2.45) is 0 Å². The molecule has 1 nitrogen and oxygen atoms in total. The van der Waals surface area contributed by atoms with Crippen molar-refractivity contribution in [3.63, 3.8) is 0 Å². The van der Waals surface area contributed by atoms with Gasteiger partial charge in [-0.3, -0.25) is 0 Å². The van der Waals surface area contributed by atoms with Gasteiger partial charge in [-0.1, -0.05) is 42.6 Å². The predicted molar refractivity (Wildman–Crippen MR) is 72.6 cm³/mol. The maximum absolute atomic E-state index is 13.6. The molecule has 1 N–H and O–H groups in total. The zero-order valence-corrected chi connectivity index (χ0v) is 12.1. The van der Waals surface area contributed by atoms with Crippen molar-refractivity contribution < 1.29 is 9.50 Å². The fourth-order valence-electron chi connectivity index (χ4n) is 2.27. The first-order chi connectivity index (χ1) is 8.00. The molecule has 1 aromatic rings. The zero-order valence-electron chi connectivity index (χ0n) is 10.5. The van der Waals surface area contributed by atoms with E-state index in [-0.39, 0.29) is 5.82 Å². The van der Waals surface area contributed by atoms with Crippen molar-refractivity contribution in [3.8, 4) is 0 Å². The van der Waals surface area contributed by atoms with Gasteiger partial charge < -0.3 is 5.11 Å². The van der Waals surface area contributed by atoms with Crippen molar-refractivity contribution >= 4 is 15.9 Å². The summed E-state index contributed by atoms with van der Waals surface area (Å²) in [5, 5.41) is 10.5. The molecule has 0 amide bonds. The second-order valence-electron chi connectivity index (χ2n) is 4.64. The minimum atomic E-state index is -0.773. The highest BCUT2D eigenvalue weighted by atomic mass is 79.9. The third kappa shape index (κ3) is 4.40. The minimum absolute atomic E-state index is 0.237. The summed E-state index contributed by atoms with van der Waals surface area (Å²) < 4.78 is 14.5. The van der Waals surface area contributed by atoms with Crippen molar-refractivity contribution in [2.75, 3.05) is 0 Å². The highest BCUT2D eigenvalue weighted by Gasteiger charge is 2.26. The molecule has 0 unspecified atom stereocenters. The highest BCUT2D eigenvalue weighted by Crippen LogP contribution is 2.27. The van der Waals surface area contributed by atoms with Crippen LogP contribution in [0.2, 0.25) is 0 Å². The molecule has 0 atom stereocenters. The summed E-state index contributed by atoms with van der Waals surface area (Å²) in [4.78, 5) is 0. The molecule has 0 aliphatic heterocycles. The van der Waals surface area contributed by atoms with E-state index in [9.17, 15) is 9.50 Å². The van der Waals surface area contributed by atoms with E-state index in [4.69, 9.17) is 0 Å². The van der Waals surface area contributed by atoms with Crippen LogP contribution in [0.25, 0.3) is 0 Å². The van der Waals surface area contributed by atoms with Crippen LogP contribution in [-0.4, -0.2) is 10.7 Å². The van der Waals surface area contributed by atoms with E-state index < -0.39 is 5.60 Å². The van der Waals surface area contributed by atoms with Crippen LogP contribution in [-0.2, 0) is 6.42 Å². The molecule has 0 heterocycles. The monoisotopic (exact) mass is 302 g/mol. The molecule has 0 saturated carbocycles. The van der Waals surface area contributed by atoms with Gasteiger partial charge in [0, 0.05) is 10.9 Å². The molecule has 0 radical (unpaired) electrons. The fraction of sp³-hybridized carbons (Fsp3) is 0.571. The van der Waals surface area contributed by atoms with Crippen LogP contribution in [0.3, 0.4) is 0 Å². The lowest BCUT2D eigenvalue weighted by molar-refractivity contribution is 0.0208. The minimum Gasteiger partial charge on any atom is -0.390 e. The van der Waals surface area contributed by atoms with Crippen LogP contribution in [0.5, 0.6) is 0 Å². The Morgan fingerprint density at radius 1 is 1.24 bits per heavy atom. The van der Waals surface area contributed by atoms with E-state index in [1.165, 1.54) is 6.07 Å². The Morgan fingerprint density at radius 3 is 2.35 bits per heavy atom. The molecule has 17 heavy (non-hydrogen) atoms. The summed E-state index contributed by atoms with van der Waals surface area (Å²) in [6.45, 7) is 4.08. The summed E-state index contributed by atoms with van der Waals surface area (Å²) in [6, 6.07) is 4.88. The van der Waals surface area contributed by atoms with Gasteiger partial charge in [-0.25, -0.2) is 4.39 Å². The first-order valence-corrected chi connectivity index (χ1v) is 6.96. The highest BCUT2D eigenvalue weighted by molar-refractivity contribution is 9.10. The number of hydrogen-bond donors (Lipinski definition) is 1. The molecule has 1 aromatic carbocycles. The van der Waals surface area contributed by atoms with Gasteiger partial charge in [0.05, 0.1) is 5.60 Å². The van der Waals surface area contributed by atoms with Gasteiger partial charge in [0.25, 0.3) is 0 Å². The molecule has 0 aromatic heterocycles. The van der Waals surface area contributed by atoms with Crippen molar-refractivity contribution in [1.29, 1.82) is 0 Å². The molecule has 0 aliphatic carbocycles. The molecular formula is C14H20BrFO. The van der Waals surface area contributed by atoms with Crippen LogP contribution in [0.15, 0.2) is 22.7 Å². The molecule has 0 aliphatic rings. The maximum Gasteiger partial charge on any atom is 0.126 e. The summed E-state index contributed by atoms with van der Waals surface area (Å²) >= 11 is 3.33. The maximum atomic E-state index is 13.6. The second kappa shape index (κ2) is 6.50. The van der Waals surface area contributed by atoms with Gasteiger partial charge in [-0.15, -0.1) is 0 Å². The number of benzene rings is 1. The van der Waals surface area contributed by atoms with Gasteiger partial charge in [-0.2, -0.15) is 0 Å². The third-order valence-corrected chi connectivity index (χ3v) is 3.45. The standard InChI is InChI=1S/C14H20BrFO/c1-3-7-14(17,8-4-2)10-11-9-12(15)5-6-13(11)16/h5-6,9,17H,3-4,7-8,10H2,1-2H3. The van der Waals surface area contributed by atoms with Crippen molar-refractivity contribution in [2.45, 2.75) is 51.6 Å². The molecule has 1 rings (SSSR count). The lowest BCUT2D eigenvalue weighted by atomic mass is 9.86. The van der Waals surface area contributed by atoms with Crippen LogP contribution < -0.4 is 0 Å². The topological polar surface area (TPSA) is 20.2 Å². The fourth-order valence-corrected chi connectivity index (χ4v) is 2.67. The quantitative estimate of drug-likeness (QED) is 0.822. The Hall–Kier alpha value is -0.410. The van der Waals surface area contributed by atoms with E-state index in [1.807, 2.05) is 13.8 Å². The number of hydrogen-bond acceptors (Lipinski definition) is 1. The average molecular weight is 303 g/mol. The Labute approximate surface area is 111 Å². The summed E-state index contributed by atoms with van der Waals surface area (Å²) in [6.07, 6.45) is 3.64. The number of halogens is 2. The Balaban J connectivity index is 2.88. The normalized spacial score (nSPS) is 11.8. The molecule has 0 fully saturated rings. The first-order valence-electron chi connectivity index (χ1n) is 6.17. The third-order valence-electron chi connectivity index (χ3n) is 2.96. The van der Waals surface area contributed by atoms with E-state index >= 15 is 0 Å². The largest absolute Gasteiger partial charge is 0.390 e. The van der Waals surface area contributed by atoms with E-state index in [1.54, 1.807) is 12.1 Å². The Morgan fingerprint density at radius 2 is 1.82 bits per heavy atom. The summed E-state index contributed by atoms with van der Waals surface area (Å²) in [5.74, 6) is -0.237. The van der Waals surface area contributed by atoms with Gasteiger partial charge in [0.2, 0.25) is 0 Å². The van der Waals surface area contributed by atoms with Gasteiger partial charge in [0.1, 0.15) is 5.82 Å². The van der Waals surface area contributed by atoms with Gasteiger partial charge in [-0.05, 0) is 36.6 Å². The SMILES string of the molecule is CCCC(O)(CCC)Cc1cc(Br)ccc1F. The molecule has 0 spiro atoms. The van der Waals surface area contributed by atoms with Crippen LogP contribution in [0, 0.1) is 5.82 Å². The van der Waals surface area contributed by atoms with E-state index in [0.29, 0.717) is 24.8 Å². The Kier molecular flexibility index (Phi) is 5.60. The number of aliphatic hydroxyl groups is 1. The van der Waals surface area contributed by atoms with Crippen molar-refractivity contribution in [3.05, 3.63) is 34.1 Å². The van der Waals surface area contributed by atoms with Crippen LogP contribution in [0.4, 0.5) is 4.39 Å². The lowest BCUT2D eigenvalue weighted by Crippen LogP contribution is -2.31. The molecule has 3 heteroatoms. The zero-order chi connectivity index (χ0) is 12.9. The van der Waals surface area contributed by atoms with Crippen molar-refractivity contribution in [1.82, 2.24) is 0 Å². The van der Waals surface area contributed by atoms with Crippen LogP contribution >= 0.6 is 15.9 Å². The molecule has 0 saturated heterocycles. The molecule has 0 bridgehead atoms. The van der Waals surface area contributed by atoms with E-state index in [0.717, 1.165) is 17.3 Å². The van der Waals surface area contributed by atoms with E-state index in [2.05, 4.69) is 15.9 Å². The Bertz CT molecular complexity index is 359. The summed E-state index contributed by atoms with van der Waals surface area (Å²) in [5.41, 5.74) is -0.186. The second-order valence-corrected chi connectivity index (χ2v) is 5.55. The smallest absolute Gasteiger partial charge is 0.126 e. The van der Waals surface area contributed by atoms with Crippen LogP contribution in [0.1, 0.15) is 45.1 Å². The van der Waals surface area contributed by atoms with Gasteiger partial charge >= 0.3 is 0 Å². The molecular weight excluding hydrogens is 283 g/mol. The predicted octanol–water partition coefficient (Wildman–Crippen LogP) is 4.46. The van der Waals surface area contributed by atoms with Gasteiger partial charge in [0.15, 0.2) is 0 Å². The molecule has 96 valence electrons. The number of rotatable bonds is 6. The lowest BCUT2D eigenvalue weighted by Gasteiger charge is -2.28.